The van der Waals surface area contributed by atoms with Crippen molar-refractivity contribution in [2.45, 2.75) is 111 Å². The molecule has 0 aromatic rings. The molecule has 0 aromatic carbocycles. The molecule has 0 saturated heterocycles. The van der Waals surface area contributed by atoms with Crippen LogP contribution in [0.5, 0.6) is 0 Å². The zero-order valence-corrected chi connectivity index (χ0v) is 24.2. The van der Waals surface area contributed by atoms with Crippen molar-refractivity contribution in [2.75, 3.05) is 13.7 Å². The predicted octanol–water partition coefficient (Wildman–Crippen LogP) is 3.96. The number of aldehydes is 1. The zero-order chi connectivity index (χ0) is 28.4. The fourth-order valence-corrected chi connectivity index (χ4v) is 4.16. The molecule has 3 N–H and O–H groups in total. The predicted molar refractivity (Wildman–Crippen MR) is 141 cm³/mol. The van der Waals surface area contributed by atoms with E-state index in [0.717, 1.165) is 6.42 Å². The molecule has 0 bridgehead atoms. The first kappa shape index (κ1) is 32.6. The summed E-state index contributed by atoms with van der Waals surface area (Å²) in [5, 5.41) is 5.14. The van der Waals surface area contributed by atoms with Gasteiger partial charge in [-0.2, -0.15) is 0 Å². The highest BCUT2D eigenvalue weighted by Gasteiger charge is 2.40. The topological polar surface area (TPSA) is 137 Å². The number of hydroxylamine groups is 1. The van der Waals surface area contributed by atoms with Gasteiger partial charge in [0.05, 0.1) is 18.2 Å². The number of methoxy groups -OCH3 is 1. The lowest BCUT2D eigenvalue weighted by atomic mass is 9.72. The molecule has 1 aliphatic carbocycles. The van der Waals surface area contributed by atoms with Crippen molar-refractivity contribution in [1.29, 1.82) is 0 Å². The number of hydrogen-bond donors (Lipinski definition) is 3. The Balaban J connectivity index is 2.79. The summed E-state index contributed by atoms with van der Waals surface area (Å²) < 4.78 is 16.2. The van der Waals surface area contributed by atoms with Crippen molar-refractivity contribution in [2.24, 2.45) is 22.7 Å². The fourth-order valence-electron chi connectivity index (χ4n) is 4.16. The monoisotopic (exact) mass is 528 g/mol. The molecule has 1 aliphatic rings. The highest BCUT2D eigenvalue weighted by Crippen LogP contribution is 2.36. The summed E-state index contributed by atoms with van der Waals surface area (Å²) in [6.45, 7) is 17.2. The molecule has 1 rings (SSSR count). The van der Waals surface area contributed by atoms with Crippen LogP contribution in [-0.4, -0.2) is 67.5 Å². The molecule has 0 aliphatic heterocycles. The maximum Gasteiger partial charge on any atom is 0.414 e. The van der Waals surface area contributed by atoms with Gasteiger partial charge in [0.2, 0.25) is 5.96 Å². The molecule has 37 heavy (non-hydrogen) atoms. The first-order valence-corrected chi connectivity index (χ1v) is 13.0. The number of hydrogen-bond acceptors (Lipinski definition) is 8. The van der Waals surface area contributed by atoms with Crippen LogP contribution in [0, 0.1) is 17.8 Å². The van der Waals surface area contributed by atoms with E-state index in [9.17, 15) is 14.4 Å². The number of rotatable bonds is 9. The maximum atomic E-state index is 12.4. The van der Waals surface area contributed by atoms with Crippen molar-refractivity contribution >= 4 is 24.4 Å². The lowest BCUT2D eigenvalue weighted by Crippen LogP contribution is -2.50. The number of amides is 2. The minimum Gasteiger partial charge on any atom is -0.444 e. The van der Waals surface area contributed by atoms with Gasteiger partial charge in [0.15, 0.2) is 0 Å². The van der Waals surface area contributed by atoms with E-state index in [0.29, 0.717) is 25.0 Å². The van der Waals surface area contributed by atoms with Crippen LogP contribution in [0.15, 0.2) is 4.99 Å². The summed E-state index contributed by atoms with van der Waals surface area (Å²) in [6, 6.07) is -0.712. The Morgan fingerprint density at radius 1 is 1.00 bits per heavy atom. The quantitative estimate of drug-likeness (QED) is 0.134. The summed E-state index contributed by atoms with van der Waals surface area (Å²) in [4.78, 5) is 46.1. The molecule has 0 radical (unpaired) electrons. The third-order valence-electron chi connectivity index (χ3n) is 6.12. The number of aliphatic imine (C=N–C) groups is 1. The van der Waals surface area contributed by atoms with E-state index >= 15 is 0 Å². The Labute approximate surface area is 221 Å². The number of guanidine groups is 1. The van der Waals surface area contributed by atoms with E-state index in [1.807, 2.05) is 0 Å². The lowest BCUT2D eigenvalue weighted by molar-refractivity contribution is -0.125. The van der Waals surface area contributed by atoms with Gasteiger partial charge >= 0.3 is 12.2 Å². The number of carbonyl (C=O) groups is 3. The lowest BCUT2D eigenvalue weighted by Gasteiger charge is -2.42. The SMILES string of the molecule is COC1CC(C)C(ONC(=NCCC[C@@H](C=O)NC(=O)OC(C)(C)C)NC(=O)OC(C)(C)C)C(C)C1C. The van der Waals surface area contributed by atoms with E-state index in [2.05, 4.69) is 41.9 Å². The molecule has 6 atom stereocenters. The minimum atomic E-state index is -0.712. The smallest absolute Gasteiger partial charge is 0.414 e. The highest BCUT2D eigenvalue weighted by molar-refractivity contribution is 5.93. The number of carbonyl (C=O) groups excluding carboxylic acids is 3. The minimum absolute atomic E-state index is 0.109. The van der Waals surface area contributed by atoms with E-state index in [1.165, 1.54) is 0 Å². The van der Waals surface area contributed by atoms with Crippen LogP contribution in [-0.2, 0) is 23.8 Å². The van der Waals surface area contributed by atoms with Gasteiger partial charge in [0, 0.05) is 13.7 Å². The molecular formula is C26H48N4O7. The average molecular weight is 529 g/mol. The van der Waals surface area contributed by atoms with Crippen LogP contribution < -0.4 is 16.1 Å². The van der Waals surface area contributed by atoms with Crippen molar-refractivity contribution in [1.82, 2.24) is 16.1 Å². The molecule has 1 fully saturated rings. The summed E-state index contributed by atoms with van der Waals surface area (Å²) in [5.41, 5.74) is 1.47. The number of alkyl carbamates (subject to hydrolysis) is 2. The molecule has 2 amide bonds. The Morgan fingerprint density at radius 3 is 2.14 bits per heavy atom. The second-order valence-electron chi connectivity index (χ2n) is 11.8. The highest BCUT2D eigenvalue weighted by atomic mass is 16.7. The first-order valence-electron chi connectivity index (χ1n) is 13.0. The Hall–Kier alpha value is -2.40. The molecule has 214 valence electrons. The number of ether oxygens (including phenoxy) is 3. The van der Waals surface area contributed by atoms with E-state index in [1.54, 1.807) is 48.7 Å². The first-order chi connectivity index (χ1) is 17.1. The Bertz CT molecular complexity index is 776. The normalized spacial score (nSPS) is 25.6. The summed E-state index contributed by atoms with van der Waals surface area (Å²) in [6.07, 6.45) is 1.05. The van der Waals surface area contributed by atoms with Crippen LogP contribution in [0.1, 0.15) is 81.6 Å². The largest absolute Gasteiger partial charge is 0.444 e. The van der Waals surface area contributed by atoms with Crippen molar-refractivity contribution in [3.63, 3.8) is 0 Å². The van der Waals surface area contributed by atoms with Gasteiger partial charge in [-0.1, -0.05) is 20.8 Å². The maximum absolute atomic E-state index is 12.4. The average Bonchev–Trinajstić information content (AvgIpc) is 2.75. The van der Waals surface area contributed by atoms with Gasteiger partial charge in [-0.3, -0.25) is 15.1 Å². The van der Waals surface area contributed by atoms with Crippen LogP contribution in [0.4, 0.5) is 9.59 Å². The van der Waals surface area contributed by atoms with Crippen LogP contribution in [0.2, 0.25) is 0 Å². The van der Waals surface area contributed by atoms with Gasteiger partial charge in [-0.25, -0.2) is 15.1 Å². The number of nitrogens with one attached hydrogen (secondary N) is 3. The summed E-state index contributed by atoms with van der Waals surface area (Å²) in [7, 11) is 1.73. The van der Waals surface area contributed by atoms with E-state index < -0.39 is 29.4 Å². The fraction of sp³-hybridized carbons (Fsp3) is 0.846. The van der Waals surface area contributed by atoms with Crippen molar-refractivity contribution in [3.05, 3.63) is 0 Å². The molecule has 0 heterocycles. The summed E-state index contributed by atoms with van der Waals surface area (Å²) in [5.74, 6) is 0.831. The van der Waals surface area contributed by atoms with Gasteiger partial charge in [-0.15, -0.1) is 0 Å². The zero-order valence-electron chi connectivity index (χ0n) is 24.2. The second-order valence-corrected chi connectivity index (χ2v) is 11.8. The van der Waals surface area contributed by atoms with Gasteiger partial charge in [0.25, 0.3) is 0 Å². The standard InChI is InChI=1S/C26H48N4O7/c1-16-14-20(34-10)17(2)18(3)21(16)37-30-22(29-24(33)36-26(7,8)9)27-13-11-12-19(15-31)28-23(32)35-25(4,5)6/h15-21H,11-14H2,1-10H3,(H,28,32)(H2,27,29,30,33)/t16?,17?,18?,19-,20?,21?/m0/s1. The van der Waals surface area contributed by atoms with Gasteiger partial charge in [-0.05, 0) is 78.6 Å². The van der Waals surface area contributed by atoms with Gasteiger partial charge in [0.1, 0.15) is 17.5 Å². The van der Waals surface area contributed by atoms with E-state index in [4.69, 9.17) is 19.0 Å². The Morgan fingerprint density at radius 2 is 1.59 bits per heavy atom. The molecule has 11 heteroatoms. The van der Waals surface area contributed by atoms with Crippen LogP contribution in [0.25, 0.3) is 0 Å². The molecule has 0 spiro atoms. The molecule has 0 aromatic heterocycles. The Kier molecular flexibility index (Phi) is 12.8. The third-order valence-corrected chi connectivity index (χ3v) is 6.12. The molecule has 11 nitrogen and oxygen atoms in total. The van der Waals surface area contributed by atoms with E-state index in [-0.39, 0.29) is 36.5 Å². The second kappa shape index (κ2) is 14.5. The number of nitrogens with zero attached hydrogens (tertiary/aromatic N) is 1. The van der Waals surface area contributed by atoms with Crippen LogP contribution in [0.3, 0.4) is 0 Å². The van der Waals surface area contributed by atoms with Crippen molar-refractivity contribution < 1.29 is 33.4 Å². The summed E-state index contributed by atoms with van der Waals surface area (Å²) >= 11 is 0. The molecular weight excluding hydrogens is 480 g/mol. The van der Waals surface area contributed by atoms with Crippen LogP contribution >= 0.6 is 0 Å². The van der Waals surface area contributed by atoms with Gasteiger partial charge < -0.3 is 24.3 Å². The molecule has 5 unspecified atom stereocenters. The molecule has 1 saturated carbocycles. The van der Waals surface area contributed by atoms with Crippen molar-refractivity contribution in [3.8, 4) is 0 Å². The third kappa shape index (κ3) is 12.6.